The molecule has 0 bridgehead atoms. The van der Waals surface area contributed by atoms with Gasteiger partial charge in [0.2, 0.25) is 0 Å². The first-order valence-electron chi connectivity index (χ1n) is 5.74. The third kappa shape index (κ3) is 1.70. The van der Waals surface area contributed by atoms with Gasteiger partial charge in [-0.25, -0.2) is 0 Å². The zero-order chi connectivity index (χ0) is 11.8. The normalized spacial score (nSPS) is 24.5. The summed E-state index contributed by atoms with van der Waals surface area (Å²) in [6, 6.07) is 3.96. The van der Waals surface area contributed by atoms with E-state index in [0.29, 0.717) is 13.0 Å². The quantitative estimate of drug-likeness (QED) is 0.757. The van der Waals surface area contributed by atoms with Crippen molar-refractivity contribution >= 4 is 0 Å². The van der Waals surface area contributed by atoms with Gasteiger partial charge < -0.3 is 15.6 Å². The van der Waals surface area contributed by atoms with Crippen LogP contribution in [0.15, 0.2) is 12.1 Å². The number of hydrogen-bond acceptors (Lipinski definition) is 3. The lowest BCUT2D eigenvalue weighted by atomic mass is 9.87. The van der Waals surface area contributed by atoms with E-state index in [2.05, 4.69) is 0 Å². The Morgan fingerprint density at radius 2 is 2.19 bits per heavy atom. The fourth-order valence-electron chi connectivity index (χ4n) is 2.23. The highest BCUT2D eigenvalue weighted by atomic mass is 16.5. The summed E-state index contributed by atoms with van der Waals surface area (Å²) in [5, 5.41) is 10.5. The van der Waals surface area contributed by atoms with Crippen LogP contribution in [0.2, 0.25) is 0 Å². The second-order valence-corrected chi connectivity index (χ2v) is 4.57. The highest BCUT2D eigenvalue weighted by Crippen LogP contribution is 2.38. The van der Waals surface area contributed by atoms with Crippen molar-refractivity contribution in [3.05, 3.63) is 28.8 Å². The SMILES string of the molecule is Cc1ccc2c(c1C)OCCCC2(O)CN. The third-order valence-corrected chi connectivity index (χ3v) is 3.50. The van der Waals surface area contributed by atoms with Crippen molar-refractivity contribution in [3.63, 3.8) is 0 Å². The summed E-state index contributed by atoms with van der Waals surface area (Å²) >= 11 is 0. The van der Waals surface area contributed by atoms with E-state index in [1.54, 1.807) is 0 Å². The summed E-state index contributed by atoms with van der Waals surface area (Å²) in [4.78, 5) is 0. The van der Waals surface area contributed by atoms with Gasteiger partial charge in [0, 0.05) is 12.1 Å². The third-order valence-electron chi connectivity index (χ3n) is 3.50. The topological polar surface area (TPSA) is 55.5 Å². The van der Waals surface area contributed by atoms with Crippen molar-refractivity contribution in [2.24, 2.45) is 5.73 Å². The molecule has 1 aliphatic heterocycles. The molecule has 0 aliphatic carbocycles. The van der Waals surface area contributed by atoms with E-state index in [0.717, 1.165) is 23.3 Å². The number of benzene rings is 1. The lowest BCUT2D eigenvalue weighted by Crippen LogP contribution is -2.34. The van der Waals surface area contributed by atoms with Gasteiger partial charge >= 0.3 is 0 Å². The lowest BCUT2D eigenvalue weighted by molar-refractivity contribution is 0.0374. The highest BCUT2D eigenvalue weighted by molar-refractivity contribution is 5.48. The van der Waals surface area contributed by atoms with Crippen LogP contribution in [-0.2, 0) is 5.60 Å². The molecule has 3 heteroatoms. The molecular formula is C13H19NO2. The van der Waals surface area contributed by atoms with E-state index in [1.165, 1.54) is 5.56 Å². The van der Waals surface area contributed by atoms with E-state index in [-0.39, 0.29) is 6.54 Å². The molecule has 0 amide bonds. The van der Waals surface area contributed by atoms with Crippen molar-refractivity contribution < 1.29 is 9.84 Å². The monoisotopic (exact) mass is 221 g/mol. The molecule has 2 rings (SSSR count). The fourth-order valence-corrected chi connectivity index (χ4v) is 2.23. The molecule has 1 aromatic carbocycles. The predicted molar refractivity (Wildman–Crippen MR) is 63.6 cm³/mol. The van der Waals surface area contributed by atoms with Gasteiger partial charge in [0.1, 0.15) is 11.4 Å². The summed E-state index contributed by atoms with van der Waals surface area (Å²) in [5.74, 6) is 0.824. The number of aliphatic hydroxyl groups is 1. The van der Waals surface area contributed by atoms with Gasteiger partial charge in [0.15, 0.2) is 0 Å². The Balaban J connectivity index is 2.59. The molecule has 3 N–H and O–H groups in total. The highest BCUT2D eigenvalue weighted by Gasteiger charge is 2.33. The summed E-state index contributed by atoms with van der Waals surface area (Å²) in [5.41, 5.74) is 7.90. The second-order valence-electron chi connectivity index (χ2n) is 4.57. The predicted octanol–water partition coefficient (Wildman–Crippen LogP) is 1.62. The second kappa shape index (κ2) is 4.07. The maximum absolute atomic E-state index is 10.5. The maximum atomic E-state index is 10.5. The van der Waals surface area contributed by atoms with E-state index in [9.17, 15) is 5.11 Å². The first kappa shape index (κ1) is 11.4. The molecule has 0 spiro atoms. The zero-order valence-corrected chi connectivity index (χ0v) is 9.92. The number of fused-ring (bicyclic) bond motifs is 1. The molecule has 0 aromatic heterocycles. The van der Waals surface area contributed by atoms with Gasteiger partial charge in [-0.2, -0.15) is 0 Å². The first-order valence-corrected chi connectivity index (χ1v) is 5.74. The summed E-state index contributed by atoms with van der Waals surface area (Å²) in [6.07, 6.45) is 1.50. The Morgan fingerprint density at radius 1 is 1.44 bits per heavy atom. The molecule has 1 aromatic rings. The van der Waals surface area contributed by atoms with Crippen LogP contribution in [0.25, 0.3) is 0 Å². The summed E-state index contributed by atoms with van der Waals surface area (Å²) in [7, 11) is 0. The summed E-state index contributed by atoms with van der Waals surface area (Å²) in [6.45, 7) is 4.97. The van der Waals surface area contributed by atoms with Crippen LogP contribution < -0.4 is 10.5 Å². The van der Waals surface area contributed by atoms with E-state index < -0.39 is 5.60 Å². The van der Waals surface area contributed by atoms with Crippen LogP contribution >= 0.6 is 0 Å². The van der Waals surface area contributed by atoms with Crippen molar-refractivity contribution in [1.29, 1.82) is 0 Å². The largest absolute Gasteiger partial charge is 0.493 e. The number of rotatable bonds is 1. The minimum atomic E-state index is -0.926. The molecular weight excluding hydrogens is 202 g/mol. The number of hydrogen-bond donors (Lipinski definition) is 2. The van der Waals surface area contributed by atoms with Crippen molar-refractivity contribution in [1.82, 2.24) is 0 Å². The minimum absolute atomic E-state index is 0.242. The Bertz CT molecular complexity index is 403. The molecule has 88 valence electrons. The first-order chi connectivity index (χ1) is 7.58. The average Bonchev–Trinajstić information content (AvgIpc) is 2.45. The Hall–Kier alpha value is -1.06. The average molecular weight is 221 g/mol. The molecule has 1 aliphatic rings. The number of nitrogens with two attached hydrogens (primary N) is 1. The lowest BCUT2D eigenvalue weighted by Gasteiger charge is -2.27. The molecule has 0 fully saturated rings. The Labute approximate surface area is 96.2 Å². The van der Waals surface area contributed by atoms with Gasteiger partial charge in [-0.05, 0) is 37.8 Å². The van der Waals surface area contributed by atoms with Crippen LogP contribution in [0.1, 0.15) is 29.5 Å². The van der Waals surface area contributed by atoms with Crippen LogP contribution in [0.4, 0.5) is 0 Å². The molecule has 0 saturated carbocycles. The number of ether oxygens (including phenoxy) is 1. The van der Waals surface area contributed by atoms with Crippen LogP contribution in [0, 0.1) is 13.8 Å². The molecule has 1 heterocycles. The smallest absolute Gasteiger partial charge is 0.128 e. The van der Waals surface area contributed by atoms with Crippen LogP contribution in [0.5, 0.6) is 5.75 Å². The van der Waals surface area contributed by atoms with Crippen molar-refractivity contribution in [2.75, 3.05) is 13.2 Å². The van der Waals surface area contributed by atoms with Gasteiger partial charge in [-0.3, -0.25) is 0 Å². The van der Waals surface area contributed by atoms with Crippen LogP contribution in [0.3, 0.4) is 0 Å². The zero-order valence-electron chi connectivity index (χ0n) is 9.92. The standard InChI is InChI=1S/C13H19NO2/c1-9-4-5-11-12(10(9)2)16-7-3-6-13(11,15)8-14/h4-5,15H,3,6-8,14H2,1-2H3. The summed E-state index contributed by atoms with van der Waals surface area (Å²) < 4.78 is 5.74. The van der Waals surface area contributed by atoms with E-state index >= 15 is 0 Å². The van der Waals surface area contributed by atoms with Gasteiger partial charge in [-0.15, -0.1) is 0 Å². The molecule has 1 atom stereocenters. The molecule has 16 heavy (non-hydrogen) atoms. The Kier molecular flexibility index (Phi) is 2.91. The maximum Gasteiger partial charge on any atom is 0.128 e. The van der Waals surface area contributed by atoms with Crippen LogP contribution in [-0.4, -0.2) is 18.3 Å². The molecule has 0 radical (unpaired) electrons. The minimum Gasteiger partial charge on any atom is -0.493 e. The molecule has 1 unspecified atom stereocenters. The van der Waals surface area contributed by atoms with Crippen molar-refractivity contribution in [3.8, 4) is 5.75 Å². The van der Waals surface area contributed by atoms with E-state index in [1.807, 2.05) is 26.0 Å². The van der Waals surface area contributed by atoms with E-state index in [4.69, 9.17) is 10.5 Å². The Morgan fingerprint density at radius 3 is 2.88 bits per heavy atom. The van der Waals surface area contributed by atoms with Crippen molar-refractivity contribution in [2.45, 2.75) is 32.3 Å². The van der Waals surface area contributed by atoms with Gasteiger partial charge in [0.05, 0.1) is 6.61 Å². The number of aryl methyl sites for hydroxylation is 1. The molecule has 3 nitrogen and oxygen atoms in total. The van der Waals surface area contributed by atoms with Gasteiger partial charge in [-0.1, -0.05) is 12.1 Å². The molecule has 0 saturated heterocycles. The van der Waals surface area contributed by atoms with Gasteiger partial charge in [0.25, 0.3) is 0 Å². The fraction of sp³-hybridized carbons (Fsp3) is 0.538.